The lowest BCUT2D eigenvalue weighted by atomic mass is 9.84. The van der Waals surface area contributed by atoms with Gasteiger partial charge in [-0.05, 0) is 12.5 Å². The first kappa shape index (κ1) is 15.3. The first-order valence-electron chi connectivity index (χ1n) is 6.98. The second-order valence-electron chi connectivity index (χ2n) is 5.33. The Labute approximate surface area is 135 Å². The minimum atomic E-state index is -0.746. The van der Waals surface area contributed by atoms with Crippen LogP contribution in [-0.4, -0.2) is 9.91 Å². The number of aromatic amines is 1. The van der Waals surface area contributed by atoms with Gasteiger partial charge >= 0.3 is 0 Å². The van der Waals surface area contributed by atoms with Crippen molar-refractivity contribution in [1.29, 1.82) is 5.26 Å². The molecule has 0 unspecified atom stereocenters. The molecule has 3 rings (SSSR count). The lowest BCUT2D eigenvalue weighted by molar-refractivity contribution is -0.384. The van der Waals surface area contributed by atoms with Crippen molar-refractivity contribution in [2.24, 2.45) is 5.73 Å². The van der Waals surface area contributed by atoms with E-state index >= 15 is 0 Å². The highest BCUT2D eigenvalue weighted by atomic mass is 16.6. The summed E-state index contributed by atoms with van der Waals surface area (Å²) in [6, 6.07) is 9.23. The van der Waals surface area contributed by atoms with Crippen molar-refractivity contribution < 1.29 is 9.66 Å². The Hall–Kier alpha value is -3.60. The number of non-ortho nitro benzene ring substituents is 1. The molecule has 0 aliphatic carbocycles. The fourth-order valence-electron chi connectivity index (χ4n) is 2.73. The van der Waals surface area contributed by atoms with Crippen LogP contribution in [0.4, 0.5) is 5.69 Å². The molecular formula is C16H12N4O4. The summed E-state index contributed by atoms with van der Waals surface area (Å²) in [5, 5.41) is 20.2. The van der Waals surface area contributed by atoms with Crippen molar-refractivity contribution in [2.45, 2.75) is 12.8 Å². The van der Waals surface area contributed by atoms with Crippen LogP contribution in [0.25, 0.3) is 0 Å². The summed E-state index contributed by atoms with van der Waals surface area (Å²) >= 11 is 0. The summed E-state index contributed by atoms with van der Waals surface area (Å²) in [5.41, 5.74) is 6.82. The Morgan fingerprint density at radius 1 is 1.38 bits per heavy atom. The van der Waals surface area contributed by atoms with Crippen molar-refractivity contribution in [2.75, 3.05) is 0 Å². The van der Waals surface area contributed by atoms with Gasteiger partial charge in [-0.2, -0.15) is 5.26 Å². The first-order valence-corrected chi connectivity index (χ1v) is 6.98. The maximum Gasteiger partial charge on any atom is 0.269 e. The van der Waals surface area contributed by atoms with Crippen LogP contribution in [0.3, 0.4) is 0 Å². The monoisotopic (exact) mass is 324 g/mol. The standard InChI is InChI=1S/C16H12N4O4/c1-8-6-12-14(16(21)19-8)13(11(7-17)15(18)24-12)9-2-4-10(5-3-9)20(22)23/h2-6,13H,18H2,1H3,(H,19,21)/t13-/m1/s1. The van der Waals surface area contributed by atoms with E-state index in [0.717, 1.165) is 0 Å². The van der Waals surface area contributed by atoms with Crippen molar-refractivity contribution in [3.8, 4) is 11.8 Å². The van der Waals surface area contributed by atoms with Gasteiger partial charge < -0.3 is 15.5 Å². The maximum atomic E-state index is 12.4. The van der Waals surface area contributed by atoms with Crippen LogP contribution in [0.1, 0.15) is 22.7 Å². The minimum Gasteiger partial charge on any atom is -0.440 e. The molecular weight excluding hydrogens is 312 g/mol. The first-order chi connectivity index (χ1) is 11.4. The second kappa shape index (κ2) is 5.55. The van der Waals surface area contributed by atoms with E-state index in [1.165, 1.54) is 24.3 Å². The van der Waals surface area contributed by atoms with E-state index in [0.29, 0.717) is 11.3 Å². The number of hydrogen-bond donors (Lipinski definition) is 2. The smallest absolute Gasteiger partial charge is 0.269 e. The number of nitrogens with one attached hydrogen (secondary N) is 1. The maximum absolute atomic E-state index is 12.4. The van der Waals surface area contributed by atoms with Gasteiger partial charge in [-0.3, -0.25) is 14.9 Å². The molecule has 0 radical (unpaired) electrons. The molecule has 0 amide bonds. The highest BCUT2D eigenvalue weighted by Gasteiger charge is 2.33. The van der Waals surface area contributed by atoms with E-state index < -0.39 is 16.4 Å². The molecule has 1 aliphatic rings. The van der Waals surface area contributed by atoms with Gasteiger partial charge in [0.15, 0.2) is 0 Å². The summed E-state index contributed by atoms with van der Waals surface area (Å²) < 4.78 is 5.42. The zero-order chi connectivity index (χ0) is 17.4. The summed E-state index contributed by atoms with van der Waals surface area (Å²) in [6.45, 7) is 1.70. The summed E-state index contributed by atoms with van der Waals surface area (Å²) in [7, 11) is 0. The van der Waals surface area contributed by atoms with Crippen LogP contribution in [0.15, 0.2) is 46.6 Å². The van der Waals surface area contributed by atoms with Gasteiger partial charge in [0.1, 0.15) is 17.4 Å². The topological polar surface area (TPSA) is 135 Å². The molecule has 0 saturated heterocycles. The molecule has 120 valence electrons. The summed E-state index contributed by atoms with van der Waals surface area (Å²) in [5.74, 6) is -0.557. The van der Waals surface area contributed by atoms with Crippen molar-refractivity contribution >= 4 is 5.69 Å². The van der Waals surface area contributed by atoms with E-state index in [-0.39, 0.29) is 28.5 Å². The van der Waals surface area contributed by atoms with Gasteiger partial charge in [-0.25, -0.2) is 0 Å². The van der Waals surface area contributed by atoms with Crippen LogP contribution in [-0.2, 0) is 0 Å². The van der Waals surface area contributed by atoms with Crippen LogP contribution in [0.2, 0.25) is 0 Å². The normalized spacial score (nSPS) is 16.1. The number of H-pyrrole nitrogens is 1. The third-order valence-electron chi connectivity index (χ3n) is 3.79. The predicted molar refractivity (Wildman–Crippen MR) is 84.2 cm³/mol. The van der Waals surface area contributed by atoms with Gasteiger partial charge in [0, 0.05) is 23.9 Å². The molecule has 1 aromatic carbocycles. The number of fused-ring (bicyclic) bond motifs is 1. The second-order valence-corrected chi connectivity index (χ2v) is 5.33. The average Bonchev–Trinajstić information content (AvgIpc) is 2.53. The number of nitrogens with zero attached hydrogens (tertiary/aromatic N) is 2. The van der Waals surface area contributed by atoms with Crippen molar-refractivity contribution in [1.82, 2.24) is 4.98 Å². The van der Waals surface area contributed by atoms with E-state index in [9.17, 15) is 20.2 Å². The lowest BCUT2D eigenvalue weighted by Crippen LogP contribution is -2.28. The number of nitro groups is 1. The van der Waals surface area contributed by atoms with Gasteiger partial charge in [0.2, 0.25) is 5.88 Å². The van der Waals surface area contributed by atoms with E-state index in [2.05, 4.69) is 4.98 Å². The SMILES string of the molecule is Cc1cc2c(c(=O)[nH]1)[C@H](c1ccc([N+](=O)[O-])cc1)C(C#N)=C(N)O2. The molecule has 3 N–H and O–H groups in total. The number of ether oxygens (including phenoxy) is 1. The minimum absolute atomic E-state index is 0.0840. The molecule has 0 saturated carbocycles. The molecule has 8 nitrogen and oxygen atoms in total. The quantitative estimate of drug-likeness (QED) is 0.639. The fraction of sp³-hybridized carbons (Fsp3) is 0.125. The van der Waals surface area contributed by atoms with Crippen LogP contribution in [0.5, 0.6) is 5.75 Å². The van der Waals surface area contributed by atoms with Crippen LogP contribution >= 0.6 is 0 Å². The molecule has 2 heterocycles. The molecule has 24 heavy (non-hydrogen) atoms. The van der Waals surface area contributed by atoms with Crippen molar-refractivity contribution in [3.63, 3.8) is 0 Å². The summed E-state index contributed by atoms with van der Waals surface area (Å²) in [6.07, 6.45) is 0. The number of allylic oxidation sites excluding steroid dienone is 1. The third kappa shape index (κ3) is 2.38. The van der Waals surface area contributed by atoms with Crippen LogP contribution in [0, 0.1) is 28.4 Å². The average molecular weight is 324 g/mol. The molecule has 2 aromatic rings. The third-order valence-corrected chi connectivity index (χ3v) is 3.79. The number of aryl methyl sites for hydroxylation is 1. The van der Waals surface area contributed by atoms with Gasteiger partial charge in [-0.1, -0.05) is 12.1 Å². The van der Waals surface area contributed by atoms with E-state index in [4.69, 9.17) is 10.5 Å². The summed E-state index contributed by atoms with van der Waals surface area (Å²) in [4.78, 5) is 25.3. The Bertz CT molecular complexity index is 967. The number of benzene rings is 1. The lowest BCUT2D eigenvalue weighted by Gasteiger charge is -2.25. The predicted octanol–water partition coefficient (Wildman–Crippen LogP) is 1.81. The molecule has 1 atom stereocenters. The van der Waals surface area contributed by atoms with Gasteiger partial charge in [-0.15, -0.1) is 0 Å². The molecule has 1 aliphatic heterocycles. The largest absolute Gasteiger partial charge is 0.440 e. The number of nitrogens with two attached hydrogens (primary N) is 1. The number of hydrogen-bond acceptors (Lipinski definition) is 6. The zero-order valence-electron chi connectivity index (χ0n) is 12.6. The van der Waals surface area contributed by atoms with Crippen molar-refractivity contribution in [3.05, 3.63) is 79.1 Å². The molecule has 0 spiro atoms. The highest BCUT2D eigenvalue weighted by Crippen LogP contribution is 2.40. The molecule has 1 aromatic heterocycles. The highest BCUT2D eigenvalue weighted by molar-refractivity contribution is 5.55. The van der Waals surface area contributed by atoms with Crippen LogP contribution < -0.4 is 16.0 Å². The zero-order valence-corrected chi connectivity index (χ0v) is 12.6. The number of aromatic nitrogens is 1. The Morgan fingerprint density at radius 2 is 2.04 bits per heavy atom. The fourth-order valence-corrected chi connectivity index (χ4v) is 2.73. The number of pyridine rings is 1. The number of nitro benzene ring substituents is 1. The Kier molecular flexibility index (Phi) is 3.54. The van der Waals surface area contributed by atoms with Gasteiger partial charge in [0.25, 0.3) is 11.2 Å². The Morgan fingerprint density at radius 3 is 2.62 bits per heavy atom. The number of nitriles is 1. The van der Waals surface area contributed by atoms with E-state index in [1.54, 1.807) is 13.0 Å². The Balaban J connectivity index is 2.23. The van der Waals surface area contributed by atoms with Gasteiger partial charge in [0.05, 0.1) is 16.4 Å². The molecule has 8 heteroatoms. The van der Waals surface area contributed by atoms with E-state index in [1.807, 2.05) is 6.07 Å². The molecule has 0 fully saturated rings. The molecule has 0 bridgehead atoms. The number of rotatable bonds is 2.